The van der Waals surface area contributed by atoms with Crippen LogP contribution >= 0.6 is 0 Å². The van der Waals surface area contributed by atoms with Gasteiger partial charge in [-0.1, -0.05) is 114 Å². The van der Waals surface area contributed by atoms with Gasteiger partial charge in [0.1, 0.15) is 30.5 Å². The molecule has 0 aromatic heterocycles. The van der Waals surface area contributed by atoms with Crippen molar-refractivity contribution in [3.63, 3.8) is 0 Å². The third-order valence-corrected chi connectivity index (χ3v) is 8.82. The standard InChI is InChI=1S/C35H63NO12S/c1-3-5-7-9-11-13-14-16-18-20-22-24-29(39)34(42)36-27(28(38)23-21-19-17-15-12-10-8-6-4-2)26-46-35-32(41)33(48-49(43,44)45)31(40)30(25-37)47-35/h4,6,12,15,21,23,27-33,35,37-41H,3,5,7-11,13-14,16-20,22,24-26H2,1-2H3,(H,36,42)(H,43,44,45)/b6-4+,15-12+,23-21+. The maximum Gasteiger partial charge on any atom is 0.397 e. The normalized spacial score (nSPS) is 23.8. The van der Waals surface area contributed by atoms with E-state index in [1.165, 1.54) is 51.0 Å². The second-order valence-electron chi connectivity index (χ2n) is 12.6. The summed E-state index contributed by atoms with van der Waals surface area (Å²) in [5.74, 6) is -0.724. The summed E-state index contributed by atoms with van der Waals surface area (Å²) in [4.78, 5) is 12.9. The molecule has 14 heteroatoms. The quantitative estimate of drug-likeness (QED) is 0.0350. The van der Waals surface area contributed by atoms with Crippen molar-refractivity contribution in [2.75, 3.05) is 13.2 Å². The predicted molar refractivity (Wildman–Crippen MR) is 187 cm³/mol. The van der Waals surface area contributed by atoms with Crippen molar-refractivity contribution < 1.29 is 57.0 Å². The lowest BCUT2D eigenvalue weighted by Gasteiger charge is -2.41. The first-order valence-electron chi connectivity index (χ1n) is 17.9. The van der Waals surface area contributed by atoms with Gasteiger partial charge in [0.2, 0.25) is 5.91 Å². The first-order chi connectivity index (χ1) is 23.4. The van der Waals surface area contributed by atoms with E-state index in [4.69, 9.17) is 14.0 Å². The molecule has 8 unspecified atom stereocenters. The Labute approximate surface area is 293 Å². The zero-order valence-electron chi connectivity index (χ0n) is 29.4. The highest BCUT2D eigenvalue weighted by atomic mass is 32.3. The number of aliphatic hydroxyl groups is 5. The van der Waals surface area contributed by atoms with Crippen LogP contribution in [0.25, 0.3) is 0 Å². The summed E-state index contributed by atoms with van der Waals surface area (Å²) in [7, 11) is -5.11. The van der Waals surface area contributed by atoms with Crippen LogP contribution in [0.2, 0.25) is 0 Å². The number of allylic oxidation sites excluding steroid dienone is 5. The Hall–Kier alpha value is -1.72. The van der Waals surface area contributed by atoms with Crippen molar-refractivity contribution in [3.8, 4) is 0 Å². The summed E-state index contributed by atoms with van der Waals surface area (Å²) < 4.78 is 47.1. The summed E-state index contributed by atoms with van der Waals surface area (Å²) in [6, 6.07) is -1.14. The number of rotatable bonds is 28. The Balaban J connectivity index is 2.77. The lowest BCUT2D eigenvalue weighted by atomic mass is 9.99. The minimum absolute atomic E-state index is 0.234. The SMILES string of the molecule is C/C=C/CC/C=C/CC/C=C/C(O)C(COC1OC(CO)C(O)C(OS(=O)(=O)O)C1O)NC(=O)C(O)CCCCCCCCCCCCC. The predicted octanol–water partition coefficient (Wildman–Crippen LogP) is 3.79. The van der Waals surface area contributed by atoms with Gasteiger partial charge in [-0.05, 0) is 39.0 Å². The Bertz CT molecular complexity index is 1050. The van der Waals surface area contributed by atoms with Gasteiger partial charge in [-0.2, -0.15) is 8.42 Å². The number of amides is 1. The molecule has 1 rings (SSSR count). The van der Waals surface area contributed by atoms with Crippen molar-refractivity contribution in [1.29, 1.82) is 0 Å². The molecule has 0 spiro atoms. The van der Waals surface area contributed by atoms with Gasteiger partial charge < -0.3 is 40.3 Å². The van der Waals surface area contributed by atoms with Crippen molar-refractivity contribution in [2.24, 2.45) is 0 Å². The lowest BCUT2D eigenvalue weighted by Crippen LogP contribution is -2.61. The summed E-state index contributed by atoms with van der Waals surface area (Å²) in [6.07, 6.45) is 15.8. The van der Waals surface area contributed by atoms with Gasteiger partial charge in [0.15, 0.2) is 6.29 Å². The number of nitrogens with one attached hydrogen (secondary N) is 1. The molecule has 0 aromatic carbocycles. The van der Waals surface area contributed by atoms with E-state index in [2.05, 4.69) is 28.6 Å². The first kappa shape index (κ1) is 45.3. The second kappa shape index (κ2) is 27.0. The largest absolute Gasteiger partial charge is 0.397 e. The highest BCUT2D eigenvalue weighted by Gasteiger charge is 2.48. The Kier molecular flexibility index (Phi) is 25.0. The van der Waals surface area contributed by atoms with Crippen LogP contribution in [0.3, 0.4) is 0 Å². The molecule has 1 aliphatic heterocycles. The molecule has 7 N–H and O–H groups in total. The van der Waals surface area contributed by atoms with Crippen LogP contribution in [0.4, 0.5) is 0 Å². The Morgan fingerprint density at radius 2 is 1.41 bits per heavy atom. The van der Waals surface area contributed by atoms with E-state index in [1.807, 2.05) is 19.1 Å². The van der Waals surface area contributed by atoms with Gasteiger partial charge in [0, 0.05) is 0 Å². The molecule has 1 aliphatic rings. The first-order valence-corrected chi connectivity index (χ1v) is 19.3. The number of carbonyl (C=O) groups excluding carboxylic acids is 1. The molecular weight excluding hydrogens is 658 g/mol. The molecule has 0 aliphatic carbocycles. The van der Waals surface area contributed by atoms with Crippen LogP contribution in [0.15, 0.2) is 36.5 Å². The third-order valence-electron chi connectivity index (χ3n) is 8.35. The number of aliphatic hydroxyl groups excluding tert-OH is 5. The molecule has 0 saturated carbocycles. The van der Waals surface area contributed by atoms with Crippen LogP contribution in [-0.2, 0) is 28.9 Å². The maximum absolute atomic E-state index is 12.9. The van der Waals surface area contributed by atoms with E-state index >= 15 is 0 Å². The molecule has 286 valence electrons. The number of ether oxygens (including phenoxy) is 2. The van der Waals surface area contributed by atoms with Gasteiger partial charge in [0.05, 0.1) is 25.4 Å². The number of carbonyl (C=O) groups is 1. The van der Waals surface area contributed by atoms with Crippen molar-refractivity contribution >= 4 is 16.3 Å². The minimum atomic E-state index is -5.11. The van der Waals surface area contributed by atoms with E-state index < -0.39 is 78.5 Å². The maximum atomic E-state index is 12.9. The molecule has 1 saturated heterocycles. The fourth-order valence-electron chi connectivity index (χ4n) is 5.44. The van der Waals surface area contributed by atoms with E-state index in [0.29, 0.717) is 12.8 Å². The topological polar surface area (TPSA) is 212 Å². The molecule has 0 aromatic rings. The minimum Gasteiger partial charge on any atom is -0.394 e. The van der Waals surface area contributed by atoms with E-state index in [0.717, 1.165) is 38.5 Å². The number of hydrogen-bond donors (Lipinski definition) is 7. The Morgan fingerprint density at radius 3 is 1.96 bits per heavy atom. The zero-order chi connectivity index (χ0) is 36.5. The van der Waals surface area contributed by atoms with Crippen molar-refractivity contribution in [2.45, 2.75) is 166 Å². The number of unbranched alkanes of at least 4 members (excludes halogenated alkanes) is 12. The van der Waals surface area contributed by atoms with E-state index in [9.17, 15) is 38.7 Å². The van der Waals surface area contributed by atoms with Crippen LogP contribution in [0.1, 0.15) is 117 Å². The smallest absolute Gasteiger partial charge is 0.394 e. The highest BCUT2D eigenvalue weighted by Crippen LogP contribution is 2.26. The molecule has 0 bridgehead atoms. The molecule has 1 amide bonds. The second-order valence-corrected chi connectivity index (χ2v) is 13.6. The third kappa shape index (κ3) is 20.7. The fraction of sp³-hybridized carbons (Fsp3) is 0.800. The average Bonchev–Trinajstić information content (AvgIpc) is 3.06. The summed E-state index contributed by atoms with van der Waals surface area (Å²) in [6.45, 7) is 2.88. The molecule has 49 heavy (non-hydrogen) atoms. The summed E-state index contributed by atoms with van der Waals surface area (Å²) >= 11 is 0. The average molecular weight is 722 g/mol. The monoisotopic (exact) mass is 721 g/mol. The lowest BCUT2D eigenvalue weighted by molar-refractivity contribution is -0.298. The molecule has 0 radical (unpaired) electrons. The number of hydrogen-bond acceptors (Lipinski definition) is 11. The summed E-state index contributed by atoms with van der Waals surface area (Å²) in [5.41, 5.74) is 0. The van der Waals surface area contributed by atoms with Crippen LogP contribution in [0, 0.1) is 0 Å². The van der Waals surface area contributed by atoms with Gasteiger partial charge in [-0.25, -0.2) is 4.18 Å². The van der Waals surface area contributed by atoms with Gasteiger partial charge >= 0.3 is 10.4 Å². The Morgan fingerprint density at radius 1 is 0.857 bits per heavy atom. The van der Waals surface area contributed by atoms with E-state index in [-0.39, 0.29) is 6.42 Å². The molecule has 13 nitrogen and oxygen atoms in total. The molecular formula is C35H63NO12S. The molecule has 1 fully saturated rings. The summed E-state index contributed by atoms with van der Waals surface area (Å²) in [5, 5.41) is 54.6. The van der Waals surface area contributed by atoms with Gasteiger partial charge in [-0.3, -0.25) is 9.35 Å². The fourth-order valence-corrected chi connectivity index (χ4v) is 5.95. The molecule has 1 heterocycles. The van der Waals surface area contributed by atoms with Crippen molar-refractivity contribution in [1.82, 2.24) is 5.32 Å². The van der Waals surface area contributed by atoms with E-state index in [1.54, 1.807) is 6.08 Å². The van der Waals surface area contributed by atoms with Crippen LogP contribution in [-0.4, -0.2) is 107 Å². The molecule has 8 atom stereocenters. The van der Waals surface area contributed by atoms with Crippen LogP contribution < -0.4 is 5.32 Å². The van der Waals surface area contributed by atoms with Crippen LogP contribution in [0.5, 0.6) is 0 Å². The zero-order valence-corrected chi connectivity index (χ0v) is 30.2. The highest BCUT2D eigenvalue weighted by molar-refractivity contribution is 7.80. The van der Waals surface area contributed by atoms with Gasteiger partial charge in [0.25, 0.3) is 0 Å². The van der Waals surface area contributed by atoms with Gasteiger partial charge in [-0.15, -0.1) is 0 Å². The van der Waals surface area contributed by atoms with Crippen molar-refractivity contribution in [3.05, 3.63) is 36.5 Å².